The predicted octanol–water partition coefficient (Wildman–Crippen LogP) is 4.22. The van der Waals surface area contributed by atoms with Crippen LogP contribution in [-0.2, 0) is 32.9 Å². The molecule has 0 radical (unpaired) electrons. The van der Waals surface area contributed by atoms with E-state index in [1.54, 1.807) is 0 Å². The third kappa shape index (κ3) is 8.39. The zero-order valence-corrected chi connectivity index (χ0v) is 22.7. The first-order chi connectivity index (χ1) is 11.5. The van der Waals surface area contributed by atoms with Gasteiger partial charge in [-0.05, 0) is 0 Å². The Kier molecular flexibility index (Phi) is 12.3. The molecule has 0 amide bonds. The van der Waals surface area contributed by atoms with E-state index in [9.17, 15) is 14.4 Å². The number of aliphatic hydroxyl groups excluding tert-OH is 2. The predicted molar refractivity (Wildman–Crippen MR) is 100 cm³/mol. The van der Waals surface area contributed by atoms with Gasteiger partial charge in [-0.15, -0.1) is 0 Å². The van der Waals surface area contributed by atoms with Gasteiger partial charge in [-0.25, -0.2) is 0 Å². The number of hydrogen-bond acceptors (Lipinski definition) is 3. The van der Waals surface area contributed by atoms with E-state index in [0.717, 1.165) is 33.7 Å². The Labute approximate surface area is 166 Å². The average molecular weight is 606 g/mol. The van der Waals surface area contributed by atoms with Crippen LogP contribution in [-0.4, -0.2) is 32.4 Å². The summed E-state index contributed by atoms with van der Waals surface area (Å²) < 4.78 is 13.4. The van der Waals surface area contributed by atoms with Gasteiger partial charge in [0.05, 0.1) is 0 Å². The topological polar surface area (TPSA) is 57.5 Å². The fourth-order valence-corrected chi connectivity index (χ4v) is 12.6. The SMILES string of the molecule is CCCCCC[C@H](O)[C@@H]([CH2][Hg][Br])[C@H](O)C[S@@](=O)c1ccc(C)cc1. The molecule has 0 fully saturated rings. The van der Waals surface area contributed by atoms with Gasteiger partial charge in [0.15, 0.2) is 0 Å². The molecule has 0 bridgehead atoms. The van der Waals surface area contributed by atoms with Crippen LogP contribution < -0.4 is 0 Å². The molecule has 6 heteroatoms. The summed E-state index contributed by atoms with van der Waals surface area (Å²) >= 11 is 2.45. The molecule has 1 rings (SSSR count). The summed E-state index contributed by atoms with van der Waals surface area (Å²) in [6.45, 7) is 4.17. The molecule has 4 atom stereocenters. The Balaban J connectivity index is 2.59. The number of halogens is 1. The maximum absolute atomic E-state index is 12.5. The van der Waals surface area contributed by atoms with Gasteiger partial charge < -0.3 is 0 Å². The summed E-state index contributed by atoms with van der Waals surface area (Å²) in [4.78, 5) is 0.749. The van der Waals surface area contributed by atoms with E-state index in [2.05, 4.69) is 18.8 Å². The van der Waals surface area contributed by atoms with Crippen LogP contribution in [0.2, 0.25) is 3.93 Å². The van der Waals surface area contributed by atoms with Crippen molar-refractivity contribution < 1.29 is 36.6 Å². The van der Waals surface area contributed by atoms with Crippen molar-refractivity contribution in [2.75, 3.05) is 5.75 Å². The van der Waals surface area contributed by atoms with Crippen molar-refractivity contribution in [1.82, 2.24) is 0 Å². The molecule has 0 aliphatic carbocycles. The Hall–Kier alpha value is 0.705. The van der Waals surface area contributed by atoms with Gasteiger partial charge in [0.25, 0.3) is 0 Å². The van der Waals surface area contributed by atoms with Gasteiger partial charge in [0.2, 0.25) is 0 Å². The minimum atomic E-state index is -1.22. The molecular formula is C18H29BrHgO3S. The van der Waals surface area contributed by atoms with Gasteiger partial charge in [-0.1, -0.05) is 0 Å². The third-order valence-electron chi connectivity index (χ3n) is 4.39. The van der Waals surface area contributed by atoms with E-state index >= 15 is 0 Å². The van der Waals surface area contributed by atoms with Crippen LogP contribution in [0.1, 0.15) is 44.6 Å². The Morgan fingerprint density at radius 1 is 1.12 bits per heavy atom. The summed E-state index contributed by atoms with van der Waals surface area (Å²) in [6, 6.07) is 7.60. The van der Waals surface area contributed by atoms with E-state index in [1.165, 1.54) is 12.8 Å². The molecule has 2 N–H and O–H groups in total. The molecule has 24 heavy (non-hydrogen) atoms. The van der Waals surface area contributed by atoms with Crippen molar-refractivity contribution in [1.29, 1.82) is 0 Å². The fourth-order valence-electron chi connectivity index (χ4n) is 2.83. The Morgan fingerprint density at radius 2 is 1.79 bits per heavy atom. The maximum atomic E-state index is 12.5. The first-order valence-electron chi connectivity index (χ1n) is 8.86. The number of rotatable bonds is 12. The molecule has 1 aromatic carbocycles. The molecule has 0 heterocycles. The van der Waals surface area contributed by atoms with Crippen molar-refractivity contribution in [3.8, 4) is 0 Å². The second-order valence-corrected chi connectivity index (χ2v) is 18.6. The number of aryl methyl sites for hydroxylation is 1. The molecule has 0 saturated heterocycles. The average Bonchev–Trinajstić information content (AvgIpc) is 2.56. The number of unbranched alkanes of at least 4 members (excludes halogenated alkanes) is 3. The second kappa shape index (κ2) is 13.0. The van der Waals surface area contributed by atoms with E-state index in [0.29, 0.717) is 0 Å². The van der Waals surface area contributed by atoms with Crippen LogP contribution >= 0.6 is 11.9 Å². The zero-order valence-electron chi connectivity index (χ0n) is 14.8. The van der Waals surface area contributed by atoms with Crippen LogP contribution in [0.3, 0.4) is 0 Å². The number of benzene rings is 1. The molecule has 0 spiro atoms. The van der Waals surface area contributed by atoms with Crippen molar-refractivity contribution in [3.05, 3.63) is 29.8 Å². The quantitative estimate of drug-likeness (QED) is 0.277. The van der Waals surface area contributed by atoms with Crippen molar-refractivity contribution >= 4 is 22.7 Å². The van der Waals surface area contributed by atoms with Crippen molar-refractivity contribution in [3.63, 3.8) is 0 Å². The third-order valence-corrected chi connectivity index (χ3v) is 13.3. The van der Waals surface area contributed by atoms with Crippen molar-refractivity contribution in [2.24, 2.45) is 5.92 Å². The summed E-state index contributed by atoms with van der Waals surface area (Å²) in [6.07, 6.45) is 4.05. The molecule has 0 unspecified atom stereocenters. The molecule has 0 aromatic heterocycles. The van der Waals surface area contributed by atoms with Crippen LogP contribution in [0.15, 0.2) is 29.2 Å². The van der Waals surface area contributed by atoms with Gasteiger partial charge in [-0.2, -0.15) is 0 Å². The van der Waals surface area contributed by atoms with Gasteiger partial charge >= 0.3 is 168 Å². The first-order valence-corrected chi connectivity index (χ1v) is 26.0. The Morgan fingerprint density at radius 3 is 2.38 bits per heavy atom. The van der Waals surface area contributed by atoms with Crippen LogP contribution in [0.5, 0.6) is 0 Å². The van der Waals surface area contributed by atoms with Gasteiger partial charge in [0.1, 0.15) is 0 Å². The van der Waals surface area contributed by atoms with Crippen LogP contribution in [0.4, 0.5) is 0 Å². The zero-order chi connectivity index (χ0) is 17.9. The summed E-state index contributed by atoms with van der Waals surface area (Å²) in [5, 5.41) is 21.0. The first kappa shape index (κ1) is 22.7. The monoisotopic (exact) mass is 606 g/mol. The molecule has 0 saturated carbocycles. The standard InChI is InChI=1S/C18H29O3S.BrH.Hg/c1-4-5-6-7-8-17(19)15(3)18(20)13-22(21)16-11-9-14(2)10-12-16;;/h9-12,15,17-20H,3-8,13H2,1-2H3;1H;/q;;+1/p-1/t15-,17+,18-,22-;;/m1../s1. The Bertz CT molecular complexity index is 484. The number of aliphatic hydroxyl groups is 2. The number of hydrogen-bond donors (Lipinski definition) is 2. The summed E-state index contributed by atoms with van der Waals surface area (Å²) in [7, 11) is -1.22. The normalized spacial score (nSPS) is 16.2. The fraction of sp³-hybridized carbons (Fsp3) is 0.667. The molecular weight excluding hydrogens is 577 g/mol. The van der Waals surface area contributed by atoms with Gasteiger partial charge in [0, 0.05) is 0 Å². The summed E-state index contributed by atoms with van der Waals surface area (Å²) in [5.74, 6) is 0.0719. The molecule has 134 valence electrons. The summed E-state index contributed by atoms with van der Waals surface area (Å²) in [5.41, 5.74) is 1.13. The van der Waals surface area contributed by atoms with E-state index < -0.39 is 45.2 Å². The van der Waals surface area contributed by atoms with Gasteiger partial charge in [-0.3, -0.25) is 0 Å². The molecule has 3 nitrogen and oxygen atoms in total. The van der Waals surface area contributed by atoms with Crippen LogP contribution in [0.25, 0.3) is 0 Å². The van der Waals surface area contributed by atoms with E-state index in [1.807, 2.05) is 31.2 Å². The molecule has 1 aromatic rings. The van der Waals surface area contributed by atoms with Crippen LogP contribution in [0, 0.1) is 12.8 Å². The molecule has 0 aliphatic rings. The van der Waals surface area contributed by atoms with E-state index in [4.69, 9.17) is 0 Å². The van der Waals surface area contributed by atoms with E-state index in [-0.39, 0.29) is 11.7 Å². The second-order valence-electron chi connectivity index (χ2n) is 6.45. The van der Waals surface area contributed by atoms with Crippen molar-refractivity contribution in [2.45, 2.75) is 67.0 Å². The minimum absolute atomic E-state index is 0.137. The molecule has 0 aliphatic heterocycles.